The molecule has 0 amide bonds. The Labute approximate surface area is 226 Å². The molecule has 0 spiro atoms. The summed E-state index contributed by atoms with van der Waals surface area (Å²) in [5.41, 5.74) is 11.0. The topological polar surface area (TPSA) is 24.7 Å². The first kappa shape index (κ1) is 27.2. The number of rotatable bonds is 2. The molecular weight excluding hydrogens is 583 g/mol. The second kappa shape index (κ2) is 10.9. The maximum Gasteiger partial charge on any atom is 2.00 e. The second-order valence-electron chi connectivity index (χ2n) is 8.11. The molecule has 4 aromatic carbocycles. The molecule has 0 N–H and O–H groups in total. The average molecular weight is 607 g/mol. The van der Waals surface area contributed by atoms with Crippen LogP contribution in [0.1, 0.15) is 33.4 Å². The van der Waals surface area contributed by atoms with Gasteiger partial charge in [0.25, 0.3) is 0 Å². The van der Waals surface area contributed by atoms with Crippen molar-refractivity contribution in [2.45, 2.75) is 27.7 Å². The molecule has 1 aliphatic rings. The Kier molecular flexibility index (Phi) is 8.98. The van der Waals surface area contributed by atoms with Crippen LogP contribution in [0.4, 0.5) is 11.4 Å². The van der Waals surface area contributed by atoms with E-state index in [1.54, 1.807) is 0 Å². The van der Waals surface area contributed by atoms with Crippen LogP contribution < -0.4 is 34.0 Å². The van der Waals surface area contributed by atoms with Crippen LogP contribution in [0.3, 0.4) is 0 Å². The summed E-state index contributed by atoms with van der Waals surface area (Å²) in [7, 11) is 0. The minimum atomic E-state index is 0. The maximum atomic E-state index is 5.22. The van der Waals surface area contributed by atoms with Crippen molar-refractivity contribution in [1.29, 1.82) is 0 Å². The van der Waals surface area contributed by atoms with Gasteiger partial charge in [0.1, 0.15) is 0 Å². The van der Waals surface area contributed by atoms with Crippen LogP contribution >= 0.6 is 0 Å². The summed E-state index contributed by atoms with van der Waals surface area (Å²) in [5.74, 6) is 0. The molecule has 2 nitrogen and oxygen atoms in total. The third kappa shape index (κ3) is 4.78. The molecule has 1 aliphatic carbocycles. The number of aryl methyl sites for hydroxylation is 4. The SMILES string of the molecule is Cc1cccc(C)c1N=C1C(=Nc2c(C)cccc2C)c2cccc3cccc1c23.[Br-].[Br-].[Ni+2]. The third-order valence-electron chi connectivity index (χ3n) is 5.97. The Morgan fingerprint density at radius 2 is 0.818 bits per heavy atom. The number of aliphatic imine (C=N–C) groups is 2. The molecular formula is C28H24Br2N2Ni. The van der Waals surface area contributed by atoms with Gasteiger partial charge >= 0.3 is 16.5 Å². The summed E-state index contributed by atoms with van der Waals surface area (Å²) >= 11 is 0. The van der Waals surface area contributed by atoms with Gasteiger partial charge < -0.3 is 34.0 Å². The van der Waals surface area contributed by atoms with E-state index in [4.69, 9.17) is 9.98 Å². The van der Waals surface area contributed by atoms with Gasteiger partial charge in [0.15, 0.2) is 0 Å². The average Bonchev–Trinajstić information content (AvgIpc) is 3.02. The van der Waals surface area contributed by atoms with Gasteiger partial charge in [-0.05, 0) is 55.3 Å². The van der Waals surface area contributed by atoms with E-state index in [0.717, 1.165) is 33.9 Å². The van der Waals surface area contributed by atoms with Gasteiger partial charge in [0, 0.05) is 16.5 Å². The van der Waals surface area contributed by atoms with Crippen molar-refractivity contribution < 1.29 is 50.5 Å². The predicted octanol–water partition coefficient (Wildman–Crippen LogP) is 1.33. The third-order valence-corrected chi connectivity index (χ3v) is 5.97. The number of halogens is 2. The zero-order chi connectivity index (χ0) is 20.8. The molecule has 0 radical (unpaired) electrons. The Morgan fingerprint density at radius 1 is 0.485 bits per heavy atom. The van der Waals surface area contributed by atoms with Crippen molar-refractivity contribution in [3.05, 3.63) is 106 Å². The standard InChI is InChI=1S/C28H24N2.2BrH.Ni/c1-17-9-5-10-18(2)25(17)29-27-22-15-7-13-21-14-8-16-23(24(21)22)28(27)30-26-19(3)11-6-12-20(26)4;;;/h5-16H,1-4H3;2*1H;/q;;;+2/p-2. The Bertz CT molecular complexity index is 1250. The summed E-state index contributed by atoms with van der Waals surface area (Å²) in [6.45, 7) is 8.49. The van der Waals surface area contributed by atoms with Crippen molar-refractivity contribution in [1.82, 2.24) is 0 Å². The number of hydrogen-bond acceptors (Lipinski definition) is 2. The molecule has 170 valence electrons. The summed E-state index contributed by atoms with van der Waals surface area (Å²) in [5, 5.41) is 2.47. The molecule has 0 atom stereocenters. The molecule has 0 aliphatic heterocycles. The quantitative estimate of drug-likeness (QED) is 0.308. The smallest absolute Gasteiger partial charge is 1.00 e. The van der Waals surface area contributed by atoms with Crippen molar-refractivity contribution in [2.24, 2.45) is 9.98 Å². The zero-order valence-corrected chi connectivity index (χ0v) is 23.1. The van der Waals surface area contributed by atoms with E-state index in [9.17, 15) is 0 Å². The first-order valence-corrected chi connectivity index (χ1v) is 10.4. The number of para-hydroxylation sites is 2. The minimum absolute atomic E-state index is 0. The van der Waals surface area contributed by atoms with Crippen LogP contribution in [0.25, 0.3) is 10.8 Å². The fraction of sp³-hybridized carbons (Fsp3) is 0.143. The molecule has 0 saturated carbocycles. The molecule has 5 heteroatoms. The van der Waals surface area contributed by atoms with E-state index in [2.05, 4.69) is 100 Å². The maximum absolute atomic E-state index is 5.22. The number of hydrogen-bond donors (Lipinski definition) is 0. The van der Waals surface area contributed by atoms with Crippen LogP contribution in [-0.4, -0.2) is 11.4 Å². The summed E-state index contributed by atoms with van der Waals surface area (Å²) in [6.07, 6.45) is 0. The van der Waals surface area contributed by atoms with Crippen LogP contribution in [0.15, 0.2) is 82.8 Å². The monoisotopic (exact) mass is 604 g/mol. The summed E-state index contributed by atoms with van der Waals surface area (Å²) in [6, 6.07) is 25.6. The fourth-order valence-corrected chi connectivity index (χ4v) is 4.40. The van der Waals surface area contributed by atoms with Gasteiger partial charge in [-0.25, -0.2) is 9.98 Å². The Balaban J connectivity index is 0.00000128. The molecule has 5 rings (SSSR count). The minimum Gasteiger partial charge on any atom is -1.00 e. The van der Waals surface area contributed by atoms with Gasteiger partial charge in [-0.2, -0.15) is 0 Å². The molecule has 0 unspecified atom stereocenters. The summed E-state index contributed by atoms with van der Waals surface area (Å²) < 4.78 is 0. The van der Waals surface area contributed by atoms with Crippen molar-refractivity contribution in [3.63, 3.8) is 0 Å². The van der Waals surface area contributed by atoms with Crippen molar-refractivity contribution in [2.75, 3.05) is 0 Å². The molecule has 33 heavy (non-hydrogen) atoms. The van der Waals surface area contributed by atoms with E-state index < -0.39 is 0 Å². The molecule has 0 bridgehead atoms. The molecule has 0 heterocycles. The molecule has 0 aromatic heterocycles. The van der Waals surface area contributed by atoms with Gasteiger partial charge in [0.05, 0.1) is 22.8 Å². The van der Waals surface area contributed by atoms with Gasteiger partial charge in [-0.1, -0.05) is 72.8 Å². The van der Waals surface area contributed by atoms with Gasteiger partial charge in [-0.3, -0.25) is 0 Å². The second-order valence-corrected chi connectivity index (χ2v) is 8.11. The van der Waals surface area contributed by atoms with E-state index in [1.165, 1.54) is 33.0 Å². The van der Waals surface area contributed by atoms with Crippen LogP contribution in [0.2, 0.25) is 0 Å². The normalized spacial score (nSPS) is 14.1. The number of nitrogens with zero attached hydrogens (tertiary/aromatic N) is 2. The largest absolute Gasteiger partial charge is 2.00 e. The van der Waals surface area contributed by atoms with Crippen LogP contribution in [-0.2, 0) is 16.5 Å². The van der Waals surface area contributed by atoms with E-state index in [0.29, 0.717) is 0 Å². The summed E-state index contributed by atoms with van der Waals surface area (Å²) in [4.78, 5) is 10.4. The van der Waals surface area contributed by atoms with Crippen LogP contribution in [0, 0.1) is 27.7 Å². The first-order chi connectivity index (χ1) is 14.5. The van der Waals surface area contributed by atoms with E-state index in [-0.39, 0.29) is 50.5 Å². The van der Waals surface area contributed by atoms with Gasteiger partial charge in [0.2, 0.25) is 0 Å². The Hall–Kier alpha value is -2.07. The Morgan fingerprint density at radius 3 is 1.18 bits per heavy atom. The van der Waals surface area contributed by atoms with E-state index in [1.807, 2.05) is 0 Å². The fourth-order valence-electron chi connectivity index (χ4n) is 4.40. The zero-order valence-electron chi connectivity index (χ0n) is 18.9. The predicted molar refractivity (Wildman–Crippen MR) is 128 cm³/mol. The van der Waals surface area contributed by atoms with E-state index >= 15 is 0 Å². The molecule has 4 aromatic rings. The molecule has 0 saturated heterocycles. The van der Waals surface area contributed by atoms with Crippen LogP contribution in [0.5, 0.6) is 0 Å². The first-order valence-electron chi connectivity index (χ1n) is 10.4. The molecule has 0 fully saturated rings. The van der Waals surface area contributed by atoms with Crippen molar-refractivity contribution >= 4 is 33.6 Å². The van der Waals surface area contributed by atoms with Crippen molar-refractivity contribution in [3.8, 4) is 0 Å². The number of benzene rings is 4. The van der Waals surface area contributed by atoms with Gasteiger partial charge in [-0.15, -0.1) is 0 Å².